The summed E-state index contributed by atoms with van der Waals surface area (Å²) in [5, 5.41) is 11.2. The summed E-state index contributed by atoms with van der Waals surface area (Å²) in [5.74, 6) is -0.649. The van der Waals surface area contributed by atoms with Crippen LogP contribution in [-0.2, 0) is 22.4 Å². The third-order valence-corrected chi connectivity index (χ3v) is 5.86. The molecule has 176 valence electrons. The zero-order chi connectivity index (χ0) is 24.1. The Bertz CT molecular complexity index is 1280. The molecular weight excluding hydrogens is 433 g/mol. The molecule has 7 nitrogen and oxygen atoms in total. The number of amides is 2. The van der Waals surface area contributed by atoms with Gasteiger partial charge < -0.3 is 15.2 Å². The second kappa shape index (κ2) is 10.3. The van der Waals surface area contributed by atoms with Crippen LogP contribution in [0.1, 0.15) is 24.6 Å². The van der Waals surface area contributed by atoms with E-state index in [4.69, 9.17) is 0 Å². The predicted octanol–water partition coefficient (Wildman–Crippen LogP) is 3.84. The summed E-state index contributed by atoms with van der Waals surface area (Å²) < 4.78 is 13.1. The molecule has 2 aromatic carbocycles. The number of H-pyrrole nitrogens is 2. The molecule has 0 saturated carbocycles. The number of hydrogen-bond donors (Lipinski definition) is 3. The molecule has 0 aliphatic rings. The summed E-state index contributed by atoms with van der Waals surface area (Å²) in [6, 6.07) is 15.4. The first-order valence-corrected chi connectivity index (χ1v) is 11.3. The van der Waals surface area contributed by atoms with Crippen molar-refractivity contribution in [3.8, 4) is 11.3 Å². The van der Waals surface area contributed by atoms with Crippen LogP contribution in [0.4, 0.5) is 4.39 Å². The number of rotatable bonds is 9. The Morgan fingerprint density at radius 2 is 1.91 bits per heavy atom. The molecule has 0 aliphatic carbocycles. The average Bonchev–Trinajstić information content (AvgIpc) is 3.46. The van der Waals surface area contributed by atoms with Crippen molar-refractivity contribution in [2.75, 3.05) is 13.6 Å². The van der Waals surface area contributed by atoms with E-state index in [0.717, 1.165) is 39.8 Å². The number of aryl methyl sites for hydroxylation is 1. The summed E-state index contributed by atoms with van der Waals surface area (Å²) in [5.41, 5.74) is 4.52. The lowest BCUT2D eigenvalue weighted by Gasteiger charge is -2.24. The number of likely N-dealkylation sites (N-methyl/N-ethyl adjacent to an activating group) is 1. The van der Waals surface area contributed by atoms with Crippen LogP contribution in [0.3, 0.4) is 0 Å². The van der Waals surface area contributed by atoms with Crippen LogP contribution in [0.5, 0.6) is 0 Å². The molecule has 0 spiro atoms. The molecule has 0 fully saturated rings. The molecule has 0 saturated heterocycles. The number of hydrogen-bond acceptors (Lipinski definition) is 3. The number of carbonyl (C=O) groups excluding carboxylic acids is 2. The van der Waals surface area contributed by atoms with Crippen molar-refractivity contribution in [1.82, 2.24) is 25.4 Å². The Balaban J connectivity index is 1.35. The highest BCUT2D eigenvalue weighted by Crippen LogP contribution is 2.20. The van der Waals surface area contributed by atoms with Crippen LogP contribution in [-0.4, -0.2) is 51.5 Å². The van der Waals surface area contributed by atoms with Crippen molar-refractivity contribution >= 4 is 22.7 Å². The van der Waals surface area contributed by atoms with E-state index in [0.29, 0.717) is 19.4 Å². The van der Waals surface area contributed by atoms with Crippen LogP contribution < -0.4 is 5.32 Å². The normalized spacial score (nSPS) is 12.0. The highest BCUT2D eigenvalue weighted by Gasteiger charge is 2.24. The van der Waals surface area contributed by atoms with Gasteiger partial charge in [-0.05, 0) is 54.8 Å². The number of para-hydroxylation sites is 1. The van der Waals surface area contributed by atoms with E-state index < -0.39 is 6.04 Å². The fraction of sp³-hybridized carbons (Fsp3) is 0.269. The van der Waals surface area contributed by atoms with E-state index in [1.165, 1.54) is 19.1 Å². The number of halogens is 1. The number of fused-ring (bicyclic) bond motifs is 1. The van der Waals surface area contributed by atoms with Gasteiger partial charge in [0.25, 0.3) is 0 Å². The SMILES string of the molecule is CC(=O)NC(Cc1c[nH]c2ccccc12)C(=O)N(C)CCCc1cc(-c2ccc(F)cc2)n[nH]1. The second-order valence-corrected chi connectivity index (χ2v) is 8.47. The van der Waals surface area contributed by atoms with E-state index in [9.17, 15) is 14.0 Å². The molecule has 2 heterocycles. The number of aromatic nitrogens is 3. The van der Waals surface area contributed by atoms with E-state index in [2.05, 4.69) is 20.5 Å². The molecule has 34 heavy (non-hydrogen) atoms. The molecule has 0 radical (unpaired) electrons. The van der Waals surface area contributed by atoms with Gasteiger partial charge in [-0.1, -0.05) is 18.2 Å². The fourth-order valence-electron chi connectivity index (χ4n) is 4.11. The minimum atomic E-state index is -0.640. The minimum absolute atomic E-state index is 0.128. The Morgan fingerprint density at radius 3 is 2.68 bits per heavy atom. The molecule has 2 amide bonds. The van der Waals surface area contributed by atoms with Crippen LogP contribution in [0.2, 0.25) is 0 Å². The van der Waals surface area contributed by atoms with Crippen LogP contribution in [0.15, 0.2) is 60.8 Å². The Kier molecular flexibility index (Phi) is 7.06. The van der Waals surface area contributed by atoms with Crippen molar-refractivity contribution in [3.05, 3.63) is 77.9 Å². The molecule has 1 unspecified atom stereocenters. The van der Waals surface area contributed by atoms with Crippen molar-refractivity contribution in [2.24, 2.45) is 0 Å². The predicted molar refractivity (Wildman–Crippen MR) is 130 cm³/mol. The van der Waals surface area contributed by atoms with Crippen molar-refractivity contribution in [3.63, 3.8) is 0 Å². The van der Waals surface area contributed by atoms with Gasteiger partial charge in [-0.15, -0.1) is 0 Å². The molecule has 2 aromatic heterocycles. The number of benzene rings is 2. The van der Waals surface area contributed by atoms with E-state index >= 15 is 0 Å². The topological polar surface area (TPSA) is 93.9 Å². The maximum absolute atomic E-state index is 13.2. The first-order valence-electron chi connectivity index (χ1n) is 11.3. The molecule has 4 rings (SSSR count). The van der Waals surface area contributed by atoms with Crippen molar-refractivity contribution in [1.29, 1.82) is 0 Å². The standard InChI is InChI=1S/C26H28FN5O2/c1-17(33)29-25(14-19-16-28-23-8-4-3-7-22(19)23)26(34)32(2)13-5-6-21-15-24(31-30-21)18-9-11-20(27)12-10-18/h3-4,7-12,15-16,25,28H,5-6,13-14H2,1-2H3,(H,29,33)(H,30,31). The molecule has 8 heteroatoms. The van der Waals surface area contributed by atoms with Crippen LogP contribution >= 0.6 is 0 Å². The first kappa shape index (κ1) is 23.2. The van der Waals surface area contributed by atoms with Crippen LogP contribution in [0.25, 0.3) is 22.2 Å². The van der Waals surface area contributed by atoms with E-state index in [1.54, 1.807) is 24.1 Å². The zero-order valence-electron chi connectivity index (χ0n) is 19.3. The number of aromatic amines is 2. The lowest BCUT2D eigenvalue weighted by molar-refractivity contribution is -0.135. The largest absolute Gasteiger partial charge is 0.361 e. The summed E-state index contributed by atoms with van der Waals surface area (Å²) in [6.45, 7) is 1.96. The molecule has 3 N–H and O–H groups in total. The lowest BCUT2D eigenvalue weighted by Crippen LogP contribution is -2.48. The smallest absolute Gasteiger partial charge is 0.245 e. The molecule has 0 aliphatic heterocycles. The summed E-state index contributed by atoms with van der Waals surface area (Å²) in [6.07, 6.45) is 3.74. The Morgan fingerprint density at radius 1 is 1.15 bits per heavy atom. The van der Waals surface area contributed by atoms with Gasteiger partial charge in [0.1, 0.15) is 11.9 Å². The van der Waals surface area contributed by atoms with E-state index in [1.807, 2.05) is 36.5 Å². The maximum atomic E-state index is 13.2. The van der Waals surface area contributed by atoms with Gasteiger partial charge in [-0.2, -0.15) is 5.10 Å². The third kappa shape index (κ3) is 5.51. The zero-order valence-corrected chi connectivity index (χ0v) is 19.3. The highest BCUT2D eigenvalue weighted by atomic mass is 19.1. The minimum Gasteiger partial charge on any atom is -0.361 e. The third-order valence-electron chi connectivity index (χ3n) is 5.86. The first-order chi connectivity index (χ1) is 16.4. The summed E-state index contributed by atoms with van der Waals surface area (Å²) in [4.78, 5) is 29.8. The molecule has 0 bridgehead atoms. The van der Waals surface area contributed by atoms with Crippen LogP contribution in [0, 0.1) is 5.82 Å². The van der Waals surface area contributed by atoms with Gasteiger partial charge in [-0.3, -0.25) is 14.7 Å². The number of carbonyl (C=O) groups is 2. The van der Waals surface area contributed by atoms with Gasteiger partial charge in [0.05, 0.1) is 5.69 Å². The highest BCUT2D eigenvalue weighted by molar-refractivity contribution is 5.89. The number of nitrogens with zero attached hydrogens (tertiary/aromatic N) is 2. The van der Waals surface area contributed by atoms with E-state index in [-0.39, 0.29) is 17.6 Å². The van der Waals surface area contributed by atoms with Crippen molar-refractivity contribution in [2.45, 2.75) is 32.2 Å². The van der Waals surface area contributed by atoms with Crippen molar-refractivity contribution < 1.29 is 14.0 Å². The fourth-order valence-corrected chi connectivity index (χ4v) is 4.11. The lowest BCUT2D eigenvalue weighted by atomic mass is 10.0. The van der Waals surface area contributed by atoms with Gasteiger partial charge >= 0.3 is 0 Å². The van der Waals surface area contributed by atoms with Gasteiger partial charge in [0, 0.05) is 55.3 Å². The average molecular weight is 462 g/mol. The Hall–Kier alpha value is -3.94. The number of nitrogens with one attached hydrogen (secondary N) is 3. The van der Waals surface area contributed by atoms with Gasteiger partial charge in [0.2, 0.25) is 11.8 Å². The molecule has 1 atom stereocenters. The molecule has 4 aromatic rings. The Labute approximate surface area is 197 Å². The summed E-state index contributed by atoms with van der Waals surface area (Å²) in [7, 11) is 1.75. The molecular formula is C26H28FN5O2. The van der Waals surface area contributed by atoms with Gasteiger partial charge in [0.15, 0.2) is 0 Å². The summed E-state index contributed by atoms with van der Waals surface area (Å²) >= 11 is 0. The van der Waals surface area contributed by atoms with Gasteiger partial charge in [-0.25, -0.2) is 4.39 Å². The maximum Gasteiger partial charge on any atom is 0.245 e. The quantitative estimate of drug-likeness (QED) is 0.354. The monoisotopic (exact) mass is 461 g/mol. The second-order valence-electron chi connectivity index (χ2n) is 8.47.